The van der Waals surface area contributed by atoms with Crippen molar-refractivity contribution in [1.29, 1.82) is 0 Å². The fourth-order valence-electron chi connectivity index (χ4n) is 11.4. The summed E-state index contributed by atoms with van der Waals surface area (Å²) in [6.07, 6.45) is 3.46. The van der Waals surface area contributed by atoms with Crippen LogP contribution in [0.3, 0.4) is 0 Å². The third-order valence-electron chi connectivity index (χ3n) is 15.4. The predicted molar refractivity (Wildman–Crippen MR) is 337 cm³/mol. The Morgan fingerprint density at radius 1 is 0.305 bits per heavy atom. The number of anilines is 18. The quantitative estimate of drug-likeness (QED) is 0.166. The van der Waals surface area contributed by atoms with Gasteiger partial charge in [-0.1, -0.05) is 0 Å². The number of rotatable bonds is 2. The van der Waals surface area contributed by atoms with E-state index < -0.39 is 74.0 Å². The van der Waals surface area contributed by atoms with Crippen LogP contribution in [0.25, 0.3) is 0 Å². The summed E-state index contributed by atoms with van der Waals surface area (Å²) in [6.45, 7) is 2.06. The summed E-state index contributed by atoms with van der Waals surface area (Å²) in [5.41, 5.74) is 10.6. The number of fused-ring (bicyclic) bond motifs is 24. The first-order valence-electron chi connectivity index (χ1n) is 32.8. The van der Waals surface area contributed by atoms with Crippen LogP contribution in [0, 0.1) is 0 Å². The molecule has 0 radical (unpaired) electrons. The van der Waals surface area contributed by atoms with Crippen molar-refractivity contribution in [3.8, 4) is 0 Å². The second-order valence-corrected chi connectivity index (χ2v) is 27.9. The predicted octanol–water partition coefficient (Wildman–Crippen LogP) is 14.9. The molecular weight excluding hydrogens is 1370 g/mol. The van der Waals surface area contributed by atoms with Crippen molar-refractivity contribution in [3.63, 3.8) is 0 Å². The van der Waals surface area contributed by atoms with Crippen LogP contribution in [0.1, 0.15) is 69.1 Å². The van der Waals surface area contributed by atoms with E-state index in [1.165, 1.54) is 19.6 Å². The van der Waals surface area contributed by atoms with E-state index in [1.54, 1.807) is 36.7 Å². The first-order valence-corrected chi connectivity index (χ1v) is 31.3. The molecule has 0 N–H and O–H groups in total. The van der Waals surface area contributed by atoms with Crippen LogP contribution < -0.4 is 49.0 Å². The molecule has 0 atom stereocenters. The molecule has 7 heterocycles. The number of benzene rings is 8. The van der Waals surface area contributed by atoms with Gasteiger partial charge in [0.25, 0.3) is 0 Å². The van der Waals surface area contributed by atoms with Crippen molar-refractivity contribution in [1.82, 2.24) is 9.97 Å². The summed E-state index contributed by atoms with van der Waals surface area (Å²) in [5, 5.41) is 0. The van der Waals surface area contributed by atoms with Gasteiger partial charge in [0.1, 0.15) is 0 Å². The van der Waals surface area contributed by atoms with Crippen molar-refractivity contribution in [3.05, 3.63) is 206 Å². The zero-order valence-corrected chi connectivity index (χ0v) is 50.0. The van der Waals surface area contributed by atoms with Gasteiger partial charge in [-0.15, -0.1) is 0 Å². The molecule has 0 aliphatic carbocycles. The minimum absolute atomic E-state index is 0.416. The zero-order chi connectivity index (χ0) is 66.1. The summed E-state index contributed by atoms with van der Waals surface area (Å²) in [7, 11) is 0. The van der Waals surface area contributed by atoms with Gasteiger partial charge in [-0.2, -0.15) is 0 Å². The standard InChI is InChI=1S/C68H62N12.2Pt/c1-67(2,3)47-33-53(77-45-73(9)59-27-13-17-31-63(59)77)39-55(35-47)79(51-23-19-21-49(37-51)75-43-71(7)57-25-11-15-29-61(57)75)65-41-70-66(42-69-65)80(52-24-20-22-50(38-52)76-44-72(8)58-26-12-16-30-62(58)76)56-36-48(68(4,5)6)34-54(40-56)78-46-74(10)60-28-14-18-32-64(60)78;;/h11-42H,1-10H3;;/i7D3,8D3,9D3,10D3;;. The van der Waals surface area contributed by atoms with Gasteiger partial charge in [0, 0.05) is 0 Å². The first-order chi connectivity index (χ1) is 44.4. The molecular formula is C68H62N12Pt2. The second kappa shape index (κ2) is 18.6. The van der Waals surface area contributed by atoms with Gasteiger partial charge in [0.2, 0.25) is 0 Å². The number of nitrogens with zero attached hydrogens (tertiary/aromatic N) is 12. The van der Waals surface area contributed by atoms with Crippen LogP contribution in [0.5, 0.6) is 0 Å². The number of hydrogen-bond acceptors (Lipinski definition) is 12. The van der Waals surface area contributed by atoms with E-state index in [1.807, 2.05) is 163 Å². The van der Waals surface area contributed by atoms with Crippen molar-refractivity contribution in [2.75, 3.05) is 76.9 Å². The fraction of sp³-hybridized carbons (Fsp3) is 0.176. The Morgan fingerprint density at radius 2 is 0.561 bits per heavy atom. The number of aromatic nitrogens is 2. The van der Waals surface area contributed by atoms with Gasteiger partial charge in [-0.05, 0) is 0 Å². The third kappa shape index (κ3) is 7.85. The molecule has 8 bridgehead atoms. The Bertz CT molecular complexity index is 4490. The summed E-state index contributed by atoms with van der Waals surface area (Å²) >= 11 is -3.42. The molecule has 0 amide bonds. The third-order valence-corrected chi connectivity index (χ3v) is 21.5. The SMILES string of the molecule is [2H]C([2H])([2H])N1[C]2=[Pt]=[C]3N(c4cc(cc(C(C)(C)C)c4)N(c4cnc(N5c6cccc(c6)N6[C](=[Pt]=[C]7N(c8cc5cc(C(C)(C)C)c8)c5ccccc5N7C([2H])([2H])[2H])N(C([2H])([2H])[2H])c5ccccc56)cn4)c4cccc(c4)N2c2ccccc21)c1ccccc1N3C([2H])([2H])[2H]. The molecule has 1 aromatic heterocycles. The zero-order valence-electron chi connectivity index (χ0n) is 57.5. The maximum absolute atomic E-state index is 9.19. The van der Waals surface area contributed by atoms with E-state index in [0.29, 0.717) is 119 Å². The van der Waals surface area contributed by atoms with Crippen molar-refractivity contribution in [2.45, 2.75) is 52.4 Å². The molecule has 12 nitrogen and oxygen atoms in total. The van der Waals surface area contributed by atoms with Gasteiger partial charge < -0.3 is 0 Å². The Labute approximate surface area is 512 Å². The fourth-order valence-corrected chi connectivity index (χ4v) is 17.7. The molecule has 14 heteroatoms. The summed E-state index contributed by atoms with van der Waals surface area (Å²) in [5.74, 6) is 0.832. The average molecular weight is 1450 g/mol. The van der Waals surface area contributed by atoms with E-state index >= 15 is 0 Å². The summed E-state index contributed by atoms with van der Waals surface area (Å²) < 4.78 is 112. The topological polar surface area (TPSA) is 58.2 Å². The molecule has 6 aliphatic heterocycles. The van der Waals surface area contributed by atoms with Gasteiger partial charge in [-0.25, -0.2) is 0 Å². The van der Waals surface area contributed by atoms with Crippen molar-refractivity contribution >= 4 is 119 Å². The van der Waals surface area contributed by atoms with E-state index in [0.717, 1.165) is 11.1 Å². The van der Waals surface area contributed by atoms with Crippen LogP contribution in [0.2, 0.25) is 0 Å². The van der Waals surface area contributed by atoms with Crippen LogP contribution in [0.4, 0.5) is 103 Å². The second-order valence-electron chi connectivity index (χ2n) is 22.7. The first kappa shape index (κ1) is 39.2. The average Bonchev–Trinajstić information content (AvgIpc) is 1.55. The van der Waals surface area contributed by atoms with E-state index in [9.17, 15) is 8.22 Å². The number of para-hydroxylation sites is 8. The normalized spacial score (nSPS) is 19.0. The Kier molecular flexibility index (Phi) is 8.89. The molecule has 0 fully saturated rings. The molecule has 6 aliphatic rings. The molecule has 0 saturated carbocycles. The molecule has 8 aromatic carbocycles. The molecule has 9 aromatic rings. The molecule has 82 heavy (non-hydrogen) atoms. The molecule has 15 rings (SSSR count). The van der Waals surface area contributed by atoms with Crippen LogP contribution in [-0.2, 0) is 46.1 Å². The maximum atomic E-state index is 9.19. The molecule has 0 unspecified atom stereocenters. The summed E-state index contributed by atoms with van der Waals surface area (Å²) in [4.78, 5) is 28.4. The van der Waals surface area contributed by atoms with Crippen LogP contribution in [-0.4, -0.2) is 54.5 Å². The van der Waals surface area contributed by atoms with Gasteiger partial charge in [-0.3, -0.25) is 0 Å². The molecule has 414 valence electrons. The van der Waals surface area contributed by atoms with Gasteiger partial charge >= 0.3 is 516 Å². The van der Waals surface area contributed by atoms with Gasteiger partial charge in [0.05, 0.1) is 0 Å². The van der Waals surface area contributed by atoms with Crippen molar-refractivity contribution in [2.24, 2.45) is 0 Å². The molecule has 0 spiro atoms. The van der Waals surface area contributed by atoms with E-state index in [-0.39, 0.29) is 0 Å². The van der Waals surface area contributed by atoms with E-state index in [4.69, 9.17) is 18.2 Å². The minimum atomic E-state index is -2.68. The summed E-state index contributed by atoms with van der Waals surface area (Å²) in [6, 6.07) is 57.8. The number of hydrogen-bond donors (Lipinski definition) is 0. The molecule has 0 saturated heterocycles. The van der Waals surface area contributed by atoms with Crippen LogP contribution >= 0.6 is 0 Å². The Morgan fingerprint density at radius 3 is 0.841 bits per heavy atom. The Hall–Kier alpha value is -8.30. The van der Waals surface area contributed by atoms with Crippen molar-refractivity contribution < 1.29 is 51.7 Å². The van der Waals surface area contributed by atoms with E-state index in [2.05, 4.69) is 65.8 Å². The Balaban J connectivity index is 0.979. The van der Waals surface area contributed by atoms with Crippen LogP contribution in [0.15, 0.2) is 194 Å². The van der Waals surface area contributed by atoms with Gasteiger partial charge in [0.15, 0.2) is 0 Å². The monoisotopic (exact) mass is 1450 g/mol.